The van der Waals surface area contributed by atoms with E-state index in [1.165, 1.54) is 12.5 Å². The first-order valence-electron chi connectivity index (χ1n) is 4.33. The third-order valence-corrected chi connectivity index (χ3v) is 1.90. The molecule has 14 heavy (non-hydrogen) atoms. The van der Waals surface area contributed by atoms with Crippen molar-refractivity contribution in [2.75, 3.05) is 0 Å². The first-order valence-corrected chi connectivity index (χ1v) is 4.33. The van der Waals surface area contributed by atoms with Gasteiger partial charge in [0.25, 0.3) is 0 Å². The summed E-state index contributed by atoms with van der Waals surface area (Å²) in [5.41, 5.74) is 0.768. The van der Waals surface area contributed by atoms with Crippen molar-refractivity contribution < 1.29 is 5.11 Å². The van der Waals surface area contributed by atoms with Gasteiger partial charge in [0, 0.05) is 18.3 Å². The van der Waals surface area contributed by atoms with Crippen LogP contribution in [0.15, 0.2) is 24.8 Å². The van der Waals surface area contributed by atoms with Crippen molar-refractivity contribution in [1.82, 2.24) is 19.7 Å². The van der Waals surface area contributed by atoms with Crippen molar-refractivity contribution in [3.8, 4) is 17.1 Å². The summed E-state index contributed by atoms with van der Waals surface area (Å²) in [7, 11) is 0. The Balaban J connectivity index is 2.49. The van der Waals surface area contributed by atoms with Gasteiger partial charge in [-0.2, -0.15) is 5.10 Å². The van der Waals surface area contributed by atoms with Gasteiger partial charge in [0.15, 0.2) is 5.82 Å². The Bertz CT molecular complexity index is 438. The summed E-state index contributed by atoms with van der Waals surface area (Å²) in [5.74, 6) is 0.851. The van der Waals surface area contributed by atoms with Crippen molar-refractivity contribution >= 4 is 0 Å². The van der Waals surface area contributed by atoms with Crippen molar-refractivity contribution in [3.05, 3.63) is 24.8 Å². The van der Waals surface area contributed by atoms with Crippen LogP contribution in [-0.2, 0) is 6.54 Å². The molecule has 0 bridgehead atoms. The predicted molar refractivity (Wildman–Crippen MR) is 50.6 cm³/mol. The van der Waals surface area contributed by atoms with E-state index in [9.17, 15) is 5.11 Å². The van der Waals surface area contributed by atoms with Crippen LogP contribution in [0.3, 0.4) is 0 Å². The molecule has 0 aromatic carbocycles. The standard InChI is InChI=1S/C9H10N4O/c1-2-13-9(11-6-12-13)7-3-8(14)5-10-4-7/h3-6,14H,2H2,1H3. The lowest BCUT2D eigenvalue weighted by molar-refractivity contribution is 0.473. The number of nitrogens with zero attached hydrogens (tertiary/aromatic N) is 4. The Morgan fingerprint density at radius 1 is 1.43 bits per heavy atom. The van der Waals surface area contributed by atoms with Crippen LogP contribution in [-0.4, -0.2) is 24.9 Å². The number of aromatic nitrogens is 4. The van der Waals surface area contributed by atoms with E-state index in [4.69, 9.17) is 0 Å². The van der Waals surface area contributed by atoms with Crippen LogP contribution in [0, 0.1) is 0 Å². The minimum Gasteiger partial charge on any atom is -0.506 e. The monoisotopic (exact) mass is 190 g/mol. The van der Waals surface area contributed by atoms with Gasteiger partial charge in [-0.25, -0.2) is 9.67 Å². The molecule has 5 nitrogen and oxygen atoms in total. The Kier molecular flexibility index (Phi) is 2.14. The molecule has 0 aliphatic carbocycles. The quantitative estimate of drug-likeness (QED) is 0.769. The SMILES string of the molecule is CCn1ncnc1-c1cncc(O)c1. The lowest BCUT2D eigenvalue weighted by atomic mass is 10.2. The zero-order chi connectivity index (χ0) is 9.97. The molecule has 0 atom stereocenters. The molecule has 0 aliphatic rings. The van der Waals surface area contributed by atoms with Gasteiger partial charge in [0.05, 0.1) is 6.20 Å². The first-order chi connectivity index (χ1) is 6.81. The molecule has 2 aromatic heterocycles. The van der Waals surface area contributed by atoms with Gasteiger partial charge < -0.3 is 5.11 Å². The van der Waals surface area contributed by atoms with Gasteiger partial charge in [0.1, 0.15) is 12.1 Å². The third kappa shape index (κ3) is 1.44. The van der Waals surface area contributed by atoms with Gasteiger partial charge in [-0.1, -0.05) is 0 Å². The van der Waals surface area contributed by atoms with Crippen LogP contribution >= 0.6 is 0 Å². The highest BCUT2D eigenvalue weighted by atomic mass is 16.3. The molecule has 2 heterocycles. The molecule has 0 unspecified atom stereocenters. The minimum absolute atomic E-state index is 0.133. The van der Waals surface area contributed by atoms with Crippen molar-refractivity contribution in [3.63, 3.8) is 0 Å². The van der Waals surface area contributed by atoms with Crippen LogP contribution in [0.5, 0.6) is 5.75 Å². The molecule has 0 radical (unpaired) electrons. The molecule has 72 valence electrons. The maximum Gasteiger partial charge on any atom is 0.159 e. The molecule has 0 saturated heterocycles. The second-order valence-electron chi connectivity index (χ2n) is 2.83. The van der Waals surface area contributed by atoms with Crippen molar-refractivity contribution in [1.29, 1.82) is 0 Å². The summed E-state index contributed by atoms with van der Waals surface area (Å²) in [6.45, 7) is 2.72. The van der Waals surface area contributed by atoms with E-state index in [1.807, 2.05) is 6.92 Å². The summed E-state index contributed by atoms with van der Waals surface area (Å²) in [6, 6.07) is 1.61. The summed E-state index contributed by atoms with van der Waals surface area (Å²) in [5, 5.41) is 13.3. The van der Waals surface area contributed by atoms with Crippen LogP contribution in [0.2, 0.25) is 0 Å². The molecule has 2 aromatic rings. The average molecular weight is 190 g/mol. The number of aromatic hydroxyl groups is 1. The summed E-state index contributed by atoms with van der Waals surface area (Å²) < 4.78 is 1.75. The van der Waals surface area contributed by atoms with E-state index >= 15 is 0 Å². The second kappa shape index (κ2) is 3.45. The average Bonchev–Trinajstić information content (AvgIpc) is 2.65. The molecule has 0 fully saturated rings. The molecule has 0 aliphatic heterocycles. The lowest BCUT2D eigenvalue weighted by Gasteiger charge is -2.02. The highest BCUT2D eigenvalue weighted by Gasteiger charge is 2.06. The minimum atomic E-state index is 0.133. The van der Waals surface area contributed by atoms with Crippen molar-refractivity contribution in [2.24, 2.45) is 0 Å². The molecule has 0 amide bonds. The normalized spacial score (nSPS) is 10.4. The molecule has 0 spiro atoms. The Labute approximate surface area is 81.1 Å². The molecule has 2 rings (SSSR count). The highest BCUT2D eigenvalue weighted by molar-refractivity contribution is 5.55. The number of hydrogen-bond donors (Lipinski definition) is 1. The van der Waals surface area contributed by atoms with Crippen LogP contribution < -0.4 is 0 Å². The van der Waals surface area contributed by atoms with Gasteiger partial charge in [-0.3, -0.25) is 4.98 Å². The largest absolute Gasteiger partial charge is 0.506 e. The molecule has 5 heteroatoms. The maximum atomic E-state index is 9.26. The summed E-state index contributed by atoms with van der Waals surface area (Å²) in [4.78, 5) is 7.98. The van der Waals surface area contributed by atoms with E-state index in [-0.39, 0.29) is 5.75 Å². The topological polar surface area (TPSA) is 63.8 Å². The highest BCUT2D eigenvalue weighted by Crippen LogP contribution is 2.18. The molecule has 1 N–H and O–H groups in total. The van der Waals surface area contributed by atoms with Crippen LogP contribution in [0.1, 0.15) is 6.92 Å². The predicted octanol–water partition coefficient (Wildman–Crippen LogP) is 1.07. The zero-order valence-corrected chi connectivity index (χ0v) is 7.75. The van der Waals surface area contributed by atoms with E-state index in [2.05, 4.69) is 15.1 Å². The van der Waals surface area contributed by atoms with E-state index in [1.54, 1.807) is 16.9 Å². The first kappa shape index (κ1) is 8.68. The fourth-order valence-corrected chi connectivity index (χ4v) is 1.27. The van der Waals surface area contributed by atoms with E-state index in [0.29, 0.717) is 0 Å². The van der Waals surface area contributed by atoms with Gasteiger partial charge in [-0.05, 0) is 13.0 Å². The van der Waals surface area contributed by atoms with Crippen LogP contribution in [0.4, 0.5) is 0 Å². The number of hydrogen-bond acceptors (Lipinski definition) is 4. The number of aryl methyl sites for hydroxylation is 1. The molecular weight excluding hydrogens is 180 g/mol. The summed E-state index contributed by atoms with van der Waals surface area (Å²) in [6.07, 6.45) is 4.52. The van der Waals surface area contributed by atoms with Crippen LogP contribution in [0.25, 0.3) is 11.4 Å². The zero-order valence-electron chi connectivity index (χ0n) is 7.75. The number of pyridine rings is 1. The van der Waals surface area contributed by atoms with Crippen molar-refractivity contribution in [2.45, 2.75) is 13.5 Å². The van der Waals surface area contributed by atoms with Gasteiger partial charge in [-0.15, -0.1) is 0 Å². The Morgan fingerprint density at radius 2 is 2.29 bits per heavy atom. The second-order valence-corrected chi connectivity index (χ2v) is 2.83. The van der Waals surface area contributed by atoms with E-state index in [0.717, 1.165) is 17.9 Å². The van der Waals surface area contributed by atoms with Gasteiger partial charge >= 0.3 is 0 Å². The van der Waals surface area contributed by atoms with E-state index < -0.39 is 0 Å². The number of rotatable bonds is 2. The summed E-state index contributed by atoms with van der Waals surface area (Å²) >= 11 is 0. The Hall–Kier alpha value is -1.91. The Morgan fingerprint density at radius 3 is 3.00 bits per heavy atom. The van der Waals surface area contributed by atoms with Gasteiger partial charge in [0.2, 0.25) is 0 Å². The third-order valence-electron chi connectivity index (χ3n) is 1.90. The lowest BCUT2D eigenvalue weighted by Crippen LogP contribution is -1.99. The molecule has 0 saturated carbocycles. The fraction of sp³-hybridized carbons (Fsp3) is 0.222. The molecular formula is C9H10N4O. The smallest absolute Gasteiger partial charge is 0.159 e. The fourth-order valence-electron chi connectivity index (χ4n) is 1.27. The maximum absolute atomic E-state index is 9.26.